The van der Waals surface area contributed by atoms with Gasteiger partial charge in [-0.2, -0.15) is 0 Å². The molecule has 0 bridgehead atoms. The number of anilines is 1. The van der Waals surface area contributed by atoms with Crippen LogP contribution in [0, 0.1) is 37.5 Å². The number of nitrogens with one attached hydrogen (secondary N) is 1. The molecule has 0 spiro atoms. The lowest BCUT2D eigenvalue weighted by atomic mass is 9.74. The molecule has 1 aliphatic carbocycles. The van der Waals surface area contributed by atoms with Gasteiger partial charge in [0.15, 0.2) is 0 Å². The van der Waals surface area contributed by atoms with E-state index >= 15 is 0 Å². The summed E-state index contributed by atoms with van der Waals surface area (Å²) in [6.45, 7) is 6.80. The zero-order valence-electron chi connectivity index (χ0n) is 25.4. The van der Waals surface area contributed by atoms with E-state index in [4.69, 9.17) is 0 Å². The summed E-state index contributed by atoms with van der Waals surface area (Å²) in [4.78, 5) is 27.4. The molecular formula is C35H32N4O4S3. The predicted molar refractivity (Wildman–Crippen MR) is 187 cm³/mol. The second kappa shape index (κ2) is 12.9. The van der Waals surface area contributed by atoms with Crippen LogP contribution in [0.2, 0.25) is 0 Å². The summed E-state index contributed by atoms with van der Waals surface area (Å²) in [5.74, 6) is 0.0498. The second-order valence-corrected chi connectivity index (χ2v) is 15.7. The Labute approximate surface area is 280 Å². The minimum atomic E-state index is -0.733. The Morgan fingerprint density at radius 3 is 1.80 bits per heavy atom. The van der Waals surface area contributed by atoms with Crippen molar-refractivity contribution in [1.29, 1.82) is 0 Å². The van der Waals surface area contributed by atoms with Gasteiger partial charge in [0, 0.05) is 43.7 Å². The Morgan fingerprint density at radius 1 is 0.739 bits per heavy atom. The van der Waals surface area contributed by atoms with Crippen LogP contribution in [0.4, 0.5) is 17.1 Å². The molecule has 1 N–H and O–H groups in total. The molecule has 2 aliphatic rings. The van der Waals surface area contributed by atoms with E-state index in [2.05, 4.69) is 74.9 Å². The second-order valence-electron chi connectivity index (χ2n) is 12.1. The van der Waals surface area contributed by atoms with E-state index in [1.807, 2.05) is 59.6 Å². The van der Waals surface area contributed by atoms with Crippen molar-refractivity contribution in [3.05, 3.63) is 152 Å². The van der Waals surface area contributed by atoms with Gasteiger partial charge in [0.05, 0.1) is 15.9 Å². The normalized spacial score (nSPS) is 20.5. The highest BCUT2D eigenvalue weighted by atomic mass is 32.2. The van der Waals surface area contributed by atoms with Crippen LogP contribution in [0.1, 0.15) is 20.8 Å². The summed E-state index contributed by atoms with van der Waals surface area (Å²) in [5.41, 5.74) is 2.69. The first-order chi connectivity index (χ1) is 22.0. The summed E-state index contributed by atoms with van der Waals surface area (Å²) >= 11 is 5.15. The molecule has 234 valence electrons. The summed E-state index contributed by atoms with van der Waals surface area (Å²) in [5, 5.41) is 25.7. The number of hydrogen-bond donors (Lipinski definition) is 1. The molecule has 0 unspecified atom stereocenters. The van der Waals surface area contributed by atoms with Crippen molar-refractivity contribution in [2.75, 3.05) is 5.43 Å². The van der Waals surface area contributed by atoms with E-state index in [1.165, 1.54) is 17.0 Å². The van der Waals surface area contributed by atoms with Crippen molar-refractivity contribution < 1.29 is 9.85 Å². The molecular weight excluding hydrogens is 637 g/mol. The van der Waals surface area contributed by atoms with Gasteiger partial charge < -0.3 is 0 Å². The molecule has 1 heterocycles. The van der Waals surface area contributed by atoms with Crippen LogP contribution in [0.3, 0.4) is 0 Å². The first kappa shape index (κ1) is 31.8. The van der Waals surface area contributed by atoms with Gasteiger partial charge in [0.25, 0.3) is 5.69 Å². The Morgan fingerprint density at radius 2 is 1.28 bits per heavy atom. The maximum Gasteiger partial charge on any atom is 0.300 e. The minimum absolute atomic E-state index is 0.0428. The molecule has 0 saturated heterocycles. The van der Waals surface area contributed by atoms with Gasteiger partial charge in [-0.05, 0) is 58.9 Å². The maximum atomic E-state index is 12.2. The van der Waals surface area contributed by atoms with Crippen molar-refractivity contribution in [3.8, 4) is 0 Å². The van der Waals surface area contributed by atoms with E-state index in [1.54, 1.807) is 35.3 Å². The fourth-order valence-electron chi connectivity index (χ4n) is 5.99. The van der Waals surface area contributed by atoms with Crippen molar-refractivity contribution >= 4 is 52.3 Å². The smallest absolute Gasteiger partial charge is 0.291 e. The van der Waals surface area contributed by atoms with E-state index < -0.39 is 14.7 Å². The third-order valence-electron chi connectivity index (χ3n) is 7.92. The quantitative estimate of drug-likeness (QED) is 0.131. The number of nitro groups is 2. The third kappa shape index (κ3) is 6.40. The molecule has 3 atom stereocenters. The SMILES string of the molecule is CC(C)(C)[C@@H]1C(Sc2ccccc2)=C[C@]2(Sc3ccccc3)[C@H]1C(Sc1ccccc1)=CN2Nc1ccc([N+](=O)[O-])cc1[N+](=O)[O-]. The maximum absolute atomic E-state index is 12.2. The number of nitro benzene ring substituents is 2. The lowest BCUT2D eigenvalue weighted by Gasteiger charge is -2.42. The third-order valence-corrected chi connectivity index (χ3v) is 11.5. The zero-order chi connectivity index (χ0) is 32.5. The van der Waals surface area contributed by atoms with Crippen LogP contribution in [0.25, 0.3) is 0 Å². The van der Waals surface area contributed by atoms with Crippen LogP contribution >= 0.6 is 35.3 Å². The minimum Gasteiger partial charge on any atom is -0.291 e. The van der Waals surface area contributed by atoms with E-state index in [0.29, 0.717) is 0 Å². The topological polar surface area (TPSA) is 102 Å². The van der Waals surface area contributed by atoms with Crippen LogP contribution in [0.15, 0.2) is 146 Å². The van der Waals surface area contributed by atoms with Crippen LogP contribution in [0.5, 0.6) is 0 Å². The molecule has 1 aliphatic heterocycles. The van der Waals surface area contributed by atoms with Crippen LogP contribution in [-0.2, 0) is 0 Å². The lowest BCUT2D eigenvalue weighted by Crippen LogP contribution is -2.47. The first-order valence-corrected chi connectivity index (χ1v) is 17.1. The molecule has 11 heteroatoms. The van der Waals surface area contributed by atoms with Gasteiger partial charge in [-0.25, -0.2) is 0 Å². The van der Waals surface area contributed by atoms with Crippen LogP contribution in [-0.4, -0.2) is 19.7 Å². The number of non-ortho nitro benzene ring substituents is 1. The number of rotatable bonds is 10. The van der Waals surface area contributed by atoms with Crippen molar-refractivity contribution in [3.63, 3.8) is 0 Å². The summed E-state index contributed by atoms with van der Waals surface area (Å²) in [7, 11) is 0. The van der Waals surface area contributed by atoms with Gasteiger partial charge in [-0.3, -0.25) is 30.7 Å². The Balaban J connectivity index is 1.54. The predicted octanol–water partition coefficient (Wildman–Crippen LogP) is 10.2. The molecule has 8 nitrogen and oxygen atoms in total. The van der Waals surface area contributed by atoms with Gasteiger partial charge in [0.2, 0.25) is 0 Å². The standard InChI is InChI=1S/C35H32N4O4S3/c1-34(2,3)32-30(44-25-13-7-4-8-14-25)22-35(46-27-17-11-6-12-18-27)33(32)31(45-26-15-9-5-10-16-26)23-37(35)36-28-20-19-24(38(40)41)21-29(28)39(42)43/h4-23,32-33,36H,1-3H3/t32-,33+,35+/m1/s1. The van der Waals surface area contributed by atoms with Crippen LogP contribution < -0.4 is 5.43 Å². The van der Waals surface area contributed by atoms with Gasteiger partial charge in [0.1, 0.15) is 10.6 Å². The number of hydrazine groups is 1. The number of allylic oxidation sites excluding steroid dienone is 1. The average molecular weight is 669 g/mol. The number of thioether (sulfide) groups is 3. The Hall–Kier alpha value is -4.19. The van der Waals surface area contributed by atoms with E-state index in [-0.39, 0.29) is 34.3 Å². The largest absolute Gasteiger partial charge is 0.300 e. The van der Waals surface area contributed by atoms with Gasteiger partial charge >= 0.3 is 5.69 Å². The van der Waals surface area contributed by atoms with Crippen molar-refractivity contribution in [1.82, 2.24) is 5.01 Å². The highest BCUT2D eigenvalue weighted by Crippen LogP contribution is 2.66. The fourth-order valence-corrected chi connectivity index (χ4v) is 10.2. The number of benzene rings is 4. The summed E-state index contributed by atoms with van der Waals surface area (Å²) < 4.78 is 0. The van der Waals surface area contributed by atoms with Crippen molar-refractivity contribution in [2.24, 2.45) is 17.3 Å². The molecule has 0 fully saturated rings. The molecule has 6 rings (SSSR count). The lowest BCUT2D eigenvalue weighted by molar-refractivity contribution is -0.393. The van der Waals surface area contributed by atoms with E-state index in [9.17, 15) is 20.2 Å². The number of hydrogen-bond acceptors (Lipinski definition) is 9. The summed E-state index contributed by atoms with van der Waals surface area (Å²) in [6.07, 6.45) is 4.38. The molecule has 0 amide bonds. The highest BCUT2D eigenvalue weighted by molar-refractivity contribution is 8.04. The molecule has 0 radical (unpaired) electrons. The van der Waals surface area contributed by atoms with Crippen molar-refractivity contribution in [2.45, 2.75) is 40.3 Å². The Bertz CT molecular complexity index is 1810. The Kier molecular flexibility index (Phi) is 8.91. The van der Waals surface area contributed by atoms with E-state index in [0.717, 1.165) is 25.7 Å². The zero-order valence-corrected chi connectivity index (χ0v) is 27.9. The van der Waals surface area contributed by atoms with Gasteiger partial charge in [-0.1, -0.05) is 111 Å². The molecule has 4 aromatic rings. The first-order valence-electron chi connectivity index (χ1n) is 14.7. The molecule has 0 saturated carbocycles. The fraction of sp³-hybridized carbons (Fsp3) is 0.200. The monoisotopic (exact) mass is 668 g/mol. The number of fused-ring (bicyclic) bond motifs is 1. The highest BCUT2D eigenvalue weighted by Gasteiger charge is 2.60. The average Bonchev–Trinajstić information content (AvgIpc) is 3.49. The number of nitrogens with zero attached hydrogens (tertiary/aromatic N) is 3. The molecule has 4 aromatic carbocycles. The molecule has 46 heavy (non-hydrogen) atoms. The summed E-state index contributed by atoms with van der Waals surface area (Å²) in [6, 6.07) is 34.4. The van der Waals surface area contributed by atoms with Gasteiger partial charge in [-0.15, -0.1) is 0 Å². The molecule has 0 aromatic heterocycles.